The molecule has 1 aromatic rings. The number of carbonyl (C=O) groups is 2. The van der Waals surface area contributed by atoms with Crippen LogP contribution >= 0.6 is 0 Å². The number of Topliss-reactive ketones (excluding diaryl/α,β-unsaturated/α-hetero) is 2. The first-order valence-electron chi connectivity index (χ1n) is 10.7. The molecule has 2 heterocycles. The third-order valence-corrected chi connectivity index (χ3v) is 6.35. The summed E-state index contributed by atoms with van der Waals surface area (Å²) in [5.41, 5.74) is 0.0389. The van der Waals surface area contributed by atoms with E-state index < -0.39 is 53.2 Å². The van der Waals surface area contributed by atoms with E-state index in [-0.39, 0.29) is 42.4 Å². The van der Waals surface area contributed by atoms with Crippen LogP contribution in [0.4, 0.5) is 5.69 Å². The zero-order chi connectivity index (χ0) is 23.6. The minimum absolute atomic E-state index is 0.0516. The van der Waals surface area contributed by atoms with Crippen molar-refractivity contribution < 1.29 is 39.3 Å². The molecule has 2 aliphatic rings. The number of non-ortho nitro benzene ring substituents is 1. The van der Waals surface area contributed by atoms with Gasteiger partial charge in [-0.15, -0.1) is 0 Å². The summed E-state index contributed by atoms with van der Waals surface area (Å²) in [5.74, 6) is -1.59. The van der Waals surface area contributed by atoms with Crippen molar-refractivity contribution in [1.82, 2.24) is 0 Å². The first-order valence-corrected chi connectivity index (χ1v) is 10.7. The van der Waals surface area contributed by atoms with Gasteiger partial charge in [0.2, 0.25) is 0 Å². The van der Waals surface area contributed by atoms with Crippen LogP contribution in [0.25, 0.3) is 0 Å². The van der Waals surface area contributed by atoms with Crippen LogP contribution in [0.2, 0.25) is 0 Å². The number of ether oxygens (including phenoxy) is 2. The second-order valence-electron chi connectivity index (χ2n) is 8.73. The van der Waals surface area contributed by atoms with Gasteiger partial charge in [0.1, 0.15) is 11.9 Å². The SMILES string of the molecule is C[C@H]([C@@H]1O[C@H]1C[C@@H]1OC[C@H](CC(=O)CC(=O)c2ccc([N+](=O)[O-])cc2)[C@@H](O)[C@H]1O)[C@H](C)O. The molecule has 2 fully saturated rings. The van der Waals surface area contributed by atoms with Gasteiger partial charge in [-0.05, 0) is 19.1 Å². The summed E-state index contributed by atoms with van der Waals surface area (Å²) in [6.45, 7) is 3.62. The van der Waals surface area contributed by atoms with Crippen molar-refractivity contribution in [2.45, 2.75) is 69.7 Å². The van der Waals surface area contributed by atoms with E-state index in [1.807, 2.05) is 6.92 Å². The maximum atomic E-state index is 12.4. The van der Waals surface area contributed by atoms with Gasteiger partial charge >= 0.3 is 0 Å². The molecule has 0 aromatic heterocycles. The fourth-order valence-corrected chi connectivity index (χ4v) is 4.06. The normalized spacial score (nSPS) is 31.5. The molecular weight excluding hydrogens is 422 g/mol. The van der Waals surface area contributed by atoms with E-state index in [1.165, 1.54) is 24.3 Å². The highest BCUT2D eigenvalue weighted by Gasteiger charge is 2.48. The molecule has 2 saturated heterocycles. The molecule has 0 bridgehead atoms. The van der Waals surface area contributed by atoms with Crippen LogP contribution in [-0.2, 0) is 14.3 Å². The van der Waals surface area contributed by atoms with Crippen molar-refractivity contribution in [3.05, 3.63) is 39.9 Å². The first-order chi connectivity index (χ1) is 15.1. The number of hydrogen-bond donors (Lipinski definition) is 3. The molecule has 2 aliphatic heterocycles. The zero-order valence-electron chi connectivity index (χ0n) is 18.0. The van der Waals surface area contributed by atoms with E-state index >= 15 is 0 Å². The van der Waals surface area contributed by atoms with Gasteiger partial charge in [0.25, 0.3) is 5.69 Å². The molecule has 3 N–H and O–H groups in total. The molecule has 0 radical (unpaired) electrons. The summed E-state index contributed by atoms with van der Waals surface area (Å²) in [6.07, 6.45) is -3.99. The van der Waals surface area contributed by atoms with Crippen LogP contribution in [0.1, 0.15) is 43.5 Å². The molecule has 176 valence electrons. The molecule has 0 saturated carbocycles. The fourth-order valence-electron chi connectivity index (χ4n) is 4.06. The number of nitro groups is 1. The van der Waals surface area contributed by atoms with Crippen molar-refractivity contribution in [1.29, 1.82) is 0 Å². The smallest absolute Gasteiger partial charge is 0.269 e. The first kappa shape index (κ1) is 24.4. The van der Waals surface area contributed by atoms with Gasteiger partial charge in [-0.25, -0.2) is 0 Å². The summed E-state index contributed by atoms with van der Waals surface area (Å²) in [7, 11) is 0. The Morgan fingerprint density at radius 2 is 1.81 bits per heavy atom. The van der Waals surface area contributed by atoms with Gasteiger partial charge < -0.3 is 24.8 Å². The molecule has 32 heavy (non-hydrogen) atoms. The summed E-state index contributed by atoms with van der Waals surface area (Å²) in [6, 6.07) is 4.99. The fraction of sp³-hybridized carbons (Fsp3) is 0.636. The van der Waals surface area contributed by atoms with E-state index in [2.05, 4.69) is 0 Å². The number of hydrogen-bond acceptors (Lipinski definition) is 9. The highest BCUT2D eigenvalue weighted by atomic mass is 16.6. The molecule has 1 aromatic carbocycles. The van der Waals surface area contributed by atoms with Crippen molar-refractivity contribution in [2.24, 2.45) is 11.8 Å². The van der Waals surface area contributed by atoms with E-state index in [4.69, 9.17) is 9.47 Å². The lowest BCUT2D eigenvalue weighted by Gasteiger charge is -2.37. The second kappa shape index (κ2) is 10.1. The van der Waals surface area contributed by atoms with Crippen molar-refractivity contribution in [3.8, 4) is 0 Å². The van der Waals surface area contributed by atoms with E-state index in [9.17, 15) is 35.0 Å². The molecule has 8 atom stereocenters. The van der Waals surface area contributed by atoms with Crippen LogP contribution in [0.15, 0.2) is 24.3 Å². The van der Waals surface area contributed by atoms with Crippen LogP contribution in [-0.4, -0.2) is 75.0 Å². The Bertz CT molecular complexity index is 840. The number of ketones is 2. The Hall–Kier alpha value is -2.24. The molecule has 0 aliphatic carbocycles. The average Bonchev–Trinajstić information content (AvgIpc) is 3.51. The highest BCUT2D eigenvalue weighted by Crippen LogP contribution is 2.37. The minimum atomic E-state index is -1.20. The maximum Gasteiger partial charge on any atom is 0.269 e. The lowest BCUT2D eigenvalue weighted by atomic mass is 9.85. The lowest BCUT2D eigenvalue weighted by molar-refractivity contribution is -0.384. The monoisotopic (exact) mass is 451 g/mol. The summed E-state index contributed by atoms with van der Waals surface area (Å²) in [4.78, 5) is 34.7. The number of aliphatic hydroxyl groups excluding tert-OH is 3. The third kappa shape index (κ3) is 5.76. The van der Waals surface area contributed by atoms with Crippen molar-refractivity contribution in [2.75, 3.05) is 6.61 Å². The standard InChI is InChI=1S/C22H29NO9/c1-11(12(2)24)22-19(32-22)9-18-21(28)20(27)14(10-31-18)7-16(25)8-17(26)13-3-5-15(6-4-13)23(29)30/h3-6,11-12,14,18-22,24,27-28H,7-10H2,1-2H3/t11-,12-,14-,18-,19-,20+,21-,22-/m0/s1. The molecular formula is C22H29NO9. The number of aliphatic hydroxyl groups is 3. The quantitative estimate of drug-likeness (QED) is 0.155. The summed E-state index contributed by atoms with van der Waals surface area (Å²) >= 11 is 0. The summed E-state index contributed by atoms with van der Waals surface area (Å²) < 4.78 is 11.2. The van der Waals surface area contributed by atoms with Gasteiger partial charge in [-0.2, -0.15) is 0 Å². The van der Waals surface area contributed by atoms with Gasteiger partial charge in [0.15, 0.2) is 5.78 Å². The molecule has 3 rings (SSSR count). The Labute approximate surface area is 185 Å². The van der Waals surface area contributed by atoms with E-state index in [1.54, 1.807) is 6.92 Å². The lowest BCUT2D eigenvalue weighted by Crippen LogP contribution is -2.51. The molecule has 10 nitrogen and oxygen atoms in total. The number of benzene rings is 1. The number of epoxide rings is 1. The summed E-state index contributed by atoms with van der Waals surface area (Å²) in [5, 5.41) is 41.3. The maximum absolute atomic E-state index is 12.4. The largest absolute Gasteiger partial charge is 0.393 e. The van der Waals surface area contributed by atoms with Gasteiger partial charge in [0.05, 0.1) is 48.5 Å². The topological polar surface area (TPSA) is 160 Å². The van der Waals surface area contributed by atoms with E-state index in [0.29, 0.717) is 6.42 Å². The number of rotatable bonds is 10. The average molecular weight is 451 g/mol. The molecule has 0 spiro atoms. The predicted octanol–water partition coefficient (Wildman–Crippen LogP) is 1.04. The number of carbonyl (C=O) groups excluding carboxylic acids is 2. The second-order valence-corrected chi connectivity index (χ2v) is 8.73. The van der Waals surface area contributed by atoms with Crippen LogP contribution < -0.4 is 0 Å². The number of nitro benzene ring substituents is 1. The van der Waals surface area contributed by atoms with Crippen LogP contribution in [0.3, 0.4) is 0 Å². The van der Waals surface area contributed by atoms with Crippen LogP contribution in [0.5, 0.6) is 0 Å². The Morgan fingerprint density at radius 3 is 2.41 bits per heavy atom. The Balaban J connectivity index is 1.47. The molecule has 0 unspecified atom stereocenters. The van der Waals surface area contributed by atoms with Crippen LogP contribution in [0, 0.1) is 22.0 Å². The minimum Gasteiger partial charge on any atom is -0.393 e. The molecule has 10 heteroatoms. The number of nitrogens with zero attached hydrogens (tertiary/aromatic N) is 1. The van der Waals surface area contributed by atoms with Gasteiger partial charge in [-0.3, -0.25) is 19.7 Å². The Morgan fingerprint density at radius 1 is 1.16 bits per heavy atom. The third-order valence-electron chi connectivity index (χ3n) is 6.35. The van der Waals surface area contributed by atoms with E-state index in [0.717, 1.165) is 0 Å². The van der Waals surface area contributed by atoms with Crippen molar-refractivity contribution in [3.63, 3.8) is 0 Å². The zero-order valence-corrected chi connectivity index (χ0v) is 18.0. The molecule has 0 amide bonds. The predicted molar refractivity (Wildman–Crippen MR) is 111 cm³/mol. The van der Waals surface area contributed by atoms with Gasteiger partial charge in [-0.1, -0.05) is 6.92 Å². The van der Waals surface area contributed by atoms with Gasteiger partial charge in [0, 0.05) is 42.4 Å². The van der Waals surface area contributed by atoms with Crippen molar-refractivity contribution >= 4 is 17.3 Å². The highest BCUT2D eigenvalue weighted by molar-refractivity contribution is 6.08. The Kier molecular flexibility index (Phi) is 7.73.